The summed E-state index contributed by atoms with van der Waals surface area (Å²) in [4.78, 5) is 39.9. The van der Waals surface area contributed by atoms with Crippen molar-refractivity contribution >= 4 is 40.4 Å². The molecule has 0 radical (unpaired) electrons. The van der Waals surface area contributed by atoms with Crippen LogP contribution >= 0.6 is 11.8 Å². The van der Waals surface area contributed by atoms with Crippen LogP contribution in [-0.2, 0) is 16.1 Å². The first kappa shape index (κ1) is 18.4. The summed E-state index contributed by atoms with van der Waals surface area (Å²) in [5.74, 6) is -0.529. The number of rotatable bonds is 5. The van der Waals surface area contributed by atoms with Crippen LogP contribution in [0, 0.1) is 0 Å². The fraction of sp³-hybridized carbons (Fsp3) is 0.250. The highest BCUT2D eigenvalue weighted by atomic mass is 32.2. The minimum Gasteiger partial charge on any atom is -0.462 e. The summed E-state index contributed by atoms with van der Waals surface area (Å²) in [6.45, 7) is 2.48. The van der Waals surface area contributed by atoms with E-state index in [1.165, 1.54) is 11.8 Å². The number of aromatic nitrogens is 2. The van der Waals surface area contributed by atoms with Crippen LogP contribution in [-0.4, -0.2) is 33.3 Å². The first-order valence-electron chi connectivity index (χ1n) is 8.99. The molecule has 0 spiro atoms. The number of anilines is 1. The Morgan fingerprint density at radius 1 is 1.21 bits per heavy atom. The van der Waals surface area contributed by atoms with Crippen molar-refractivity contribution in [2.24, 2.45) is 0 Å². The zero-order valence-corrected chi connectivity index (χ0v) is 16.0. The molecule has 7 nitrogen and oxygen atoms in total. The van der Waals surface area contributed by atoms with Crippen LogP contribution in [0.1, 0.15) is 23.7 Å². The van der Waals surface area contributed by atoms with E-state index in [1.807, 2.05) is 37.3 Å². The maximum atomic E-state index is 12.3. The maximum Gasteiger partial charge on any atom is 0.338 e. The molecule has 2 N–H and O–H groups in total. The van der Waals surface area contributed by atoms with E-state index in [0.717, 1.165) is 15.9 Å². The average molecular weight is 397 g/mol. The van der Waals surface area contributed by atoms with Crippen LogP contribution in [0.3, 0.4) is 0 Å². The molecule has 1 atom stereocenters. The molecule has 3 aromatic rings. The minimum absolute atomic E-state index is 0.0767. The Morgan fingerprint density at radius 3 is 2.89 bits per heavy atom. The van der Waals surface area contributed by atoms with Gasteiger partial charge in [0.05, 0.1) is 34.1 Å². The number of carbonyl (C=O) groups excluding carboxylic acids is 2. The summed E-state index contributed by atoms with van der Waals surface area (Å²) in [5, 5.41) is 2.65. The Labute approximate surface area is 165 Å². The molecule has 0 saturated carbocycles. The number of thioether (sulfide) groups is 1. The Kier molecular flexibility index (Phi) is 4.95. The summed E-state index contributed by atoms with van der Waals surface area (Å²) >= 11 is 1.46. The molecule has 0 saturated heterocycles. The van der Waals surface area contributed by atoms with Gasteiger partial charge in [-0.3, -0.25) is 9.36 Å². The van der Waals surface area contributed by atoms with Gasteiger partial charge in [-0.25, -0.2) is 9.59 Å². The van der Waals surface area contributed by atoms with E-state index in [1.54, 1.807) is 16.7 Å². The first-order valence-corrected chi connectivity index (χ1v) is 9.87. The Bertz CT molecular complexity index is 1120. The third kappa shape index (κ3) is 3.55. The zero-order valence-electron chi connectivity index (χ0n) is 15.2. The molecule has 8 heteroatoms. The van der Waals surface area contributed by atoms with E-state index >= 15 is 0 Å². The fourth-order valence-corrected chi connectivity index (χ4v) is 4.07. The number of amides is 1. The van der Waals surface area contributed by atoms with Crippen LogP contribution in [0.15, 0.2) is 52.2 Å². The summed E-state index contributed by atoms with van der Waals surface area (Å²) < 4.78 is 6.97. The molecule has 0 unspecified atom stereocenters. The second-order valence-corrected chi connectivity index (χ2v) is 7.93. The van der Waals surface area contributed by atoms with Gasteiger partial charge in [0, 0.05) is 11.4 Å². The lowest BCUT2D eigenvalue weighted by atomic mass is 10.2. The van der Waals surface area contributed by atoms with Gasteiger partial charge in [-0.1, -0.05) is 12.1 Å². The van der Waals surface area contributed by atoms with Gasteiger partial charge < -0.3 is 15.0 Å². The van der Waals surface area contributed by atoms with Crippen molar-refractivity contribution in [3.8, 4) is 0 Å². The zero-order chi connectivity index (χ0) is 19.7. The standard InChI is InChI=1S/C20H19N3O4S/c1-12-18(24)21-15-11-13(7-8-17(15)28-12)19(25)27-10-4-9-23-16-6-3-2-5-14(16)22-20(23)26/h2-3,5-8,11-12H,4,9-10H2,1H3,(H,21,24)(H,22,26)/t12-/m1/s1. The number of fused-ring (bicyclic) bond motifs is 2. The van der Waals surface area contributed by atoms with E-state index in [0.29, 0.717) is 24.2 Å². The second-order valence-electron chi connectivity index (χ2n) is 6.55. The number of ether oxygens (including phenoxy) is 1. The number of aryl methyl sites for hydroxylation is 1. The van der Waals surface area contributed by atoms with Crippen molar-refractivity contribution in [2.45, 2.75) is 30.0 Å². The number of para-hydroxylation sites is 2. The number of nitrogens with zero attached hydrogens (tertiary/aromatic N) is 1. The number of nitrogens with one attached hydrogen (secondary N) is 2. The van der Waals surface area contributed by atoms with Crippen LogP contribution in [0.4, 0.5) is 5.69 Å². The normalized spacial score (nSPS) is 15.9. The molecule has 28 heavy (non-hydrogen) atoms. The van der Waals surface area contributed by atoms with Gasteiger partial charge in [-0.2, -0.15) is 0 Å². The van der Waals surface area contributed by atoms with Crippen LogP contribution in [0.5, 0.6) is 0 Å². The highest BCUT2D eigenvalue weighted by molar-refractivity contribution is 8.00. The molecule has 2 aromatic carbocycles. The molecule has 2 heterocycles. The van der Waals surface area contributed by atoms with Crippen molar-refractivity contribution < 1.29 is 14.3 Å². The molecule has 0 aliphatic carbocycles. The predicted molar refractivity (Wildman–Crippen MR) is 108 cm³/mol. The van der Waals surface area contributed by atoms with Crippen molar-refractivity contribution in [3.05, 3.63) is 58.5 Å². The summed E-state index contributed by atoms with van der Waals surface area (Å²) in [5.41, 5.74) is 2.46. The van der Waals surface area contributed by atoms with Crippen molar-refractivity contribution in [1.82, 2.24) is 9.55 Å². The maximum absolute atomic E-state index is 12.3. The molecule has 1 aliphatic heterocycles. The fourth-order valence-electron chi connectivity index (χ4n) is 3.14. The molecule has 4 rings (SSSR count). The lowest BCUT2D eigenvalue weighted by Gasteiger charge is -2.21. The quantitative estimate of drug-likeness (QED) is 0.510. The van der Waals surface area contributed by atoms with Gasteiger partial charge in [0.1, 0.15) is 0 Å². The van der Waals surface area contributed by atoms with Gasteiger partial charge in [-0.15, -0.1) is 11.8 Å². The topological polar surface area (TPSA) is 93.2 Å². The van der Waals surface area contributed by atoms with E-state index in [2.05, 4.69) is 10.3 Å². The van der Waals surface area contributed by atoms with Crippen molar-refractivity contribution in [1.29, 1.82) is 0 Å². The number of hydrogen-bond donors (Lipinski definition) is 2. The van der Waals surface area contributed by atoms with Gasteiger partial charge >= 0.3 is 11.7 Å². The lowest BCUT2D eigenvalue weighted by Crippen LogP contribution is -2.26. The molecule has 0 fully saturated rings. The van der Waals surface area contributed by atoms with Gasteiger partial charge in [0.2, 0.25) is 5.91 Å². The molecule has 1 aromatic heterocycles. The predicted octanol–water partition coefficient (Wildman–Crippen LogP) is 3.01. The van der Waals surface area contributed by atoms with Crippen molar-refractivity contribution in [2.75, 3.05) is 11.9 Å². The number of H-pyrrole nitrogens is 1. The SMILES string of the molecule is C[C@H]1Sc2ccc(C(=O)OCCCn3c(=O)[nH]c4ccccc43)cc2NC1=O. The molecule has 144 valence electrons. The third-order valence-corrected chi connectivity index (χ3v) is 5.76. The Hall–Kier alpha value is -3.00. The summed E-state index contributed by atoms with van der Waals surface area (Å²) in [7, 11) is 0. The average Bonchev–Trinajstić information content (AvgIpc) is 3.01. The first-order chi connectivity index (χ1) is 13.5. The monoisotopic (exact) mass is 397 g/mol. The number of aromatic amines is 1. The smallest absolute Gasteiger partial charge is 0.338 e. The molecule has 1 amide bonds. The molecule has 0 bridgehead atoms. The summed E-state index contributed by atoms with van der Waals surface area (Å²) in [6, 6.07) is 12.6. The Balaban J connectivity index is 1.36. The number of benzene rings is 2. The second kappa shape index (κ2) is 7.55. The summed E-state index contributed by atoms with van der Waals surface area (Å²) in [6.07, 6.45) is 0.516. The molecular weight excluding hydrogens is 378 g/mol. The molecule has 1 aliphatic rings. The largest absolute Gasteiger partial charge is 0.462 e. The van der Waals surface area contributed by atoms with Crippen molar-refractivity contribution in [3.63, 3.8) is 0 Å². The van der Waals surface area contributed by atoms with E-state index in [-0.39, 0.29) is 23.5 Å². The lowest BCUT2D eigenvalue weighted by molar-refractivity contribution is -0.115. The van der Waals surface area contributed by atoms with Crippen LogP contribution in [0.2, 0.25) is 0 Å². The van der Waals surface area contributed by atoms with E-state index < -0.39 is 5.97 Å². The highest BCUT2D eigenvalue weighted by Gasteiger charge is 2.24. The number of imidazole rings is 1. The minimum atomic E-state index is -0.452. The highest BCUT2D eigenvalue weighted by Crippen LogP contribution is 2.36. The van der Waals surface area contributed by atoms with E-state index in [4.69, 9.17) is 4.74 Å². The molecular formula is C20H19N3O4S. The Morgan fingerprint density at radius 2 is 2.04 bits per heavy atom. The van der Waals surface area contributed by atoms with E-state index in [9.17, 15) is 14.4 Å². The van der Waals surface area contributed by atoms with Gasteiger partial charge in [0.25, 0.3) is 0 Å². The van der Waals surface area contributed by atoms with Gasteiger partial charge in [0.15, 0.2) is 0 Å². The van der Waals surface area contributed by atoms with Gasteiger partial charge in [-0.05, 0) is 43.7 Å². The van der Waals surface area contributed by atoms with Crippen LogP contribution in [0.25, 0.3) is 11.0 Å². The third-order valence-electron chi connectivity index (χ3n) is 4.59. The van der Waals surface area contributed by atoms with Crippen LogP contribution < -0.4 is 11.0 Å². The number of carbonyl (C=O) groups is 2. The number of hydrogen-bond acceptors (Lipinski definition) is 5. The number of esters is 1.